The highest BCUT2D eigenvalue weighted by Crippen LogP contribution is 2.40. The van der Waals surface area contributed by atoms with Gasteiger partial charge in [-0.2, -0.15) is 0 Å². The van der Waals surface area contributed by atoms with Gasteiger partial charge in [-0.25, -0.2) is 0 Å². The van der Waals surface area contributed by atoms with Gasteiger partial charge >= 0.3 is 5.97 Å². The maximum absolute atomic E-state index is 10.6. The lowest BCUT2D eigenvalue weighted by Crippen LogP contribution is -2.18. The number of hydrogen-bond acceptors (Lipinski definition) is 4. The van der Waals surface area contributed by atoms with Gasteiger partial charge in [-0.3, -0.25) is 4.79 Å². The van der Waals surface area contributed by atoms with E-state index < -0.39 is 5.97 Å². The first kappa shape index (κ1) is 25.3. The van der Waals surface area contributed by atoms with Crippen LogP contribution < -0.4 is 0 Å². The monoisotopic (exact) mass is 408 g/mol. The molecular weight excluding hydrogens is 371 g/mol. The lowest BCUT2D eigenvalue weighted by atomic mass is 9.86. The molecule has 1 aliphatic carbocycles. The van der Waals surface area contributed by atoms with Crippen LogP contribution in [0.2, 0.25) is 0 Å². The Labute approximate surface area is 176 Å². The Balaban J connectivity index is 2.60. The molecule has 1 rings (SSSR count). The molecule has 0 bridgehead atoms. The Morgan fingerprint density at radius 3 is 2.79 bits per heavy atom. The number of aliphatic hydroxyl groups excluding tert-OH is 1. The summed E-state index contributed by atoms with van der Waals surface area (Å²) < 4.78 is 5.82. The van der Waals surface area contributed by atoms with Crippen LogP contribution in [0.1, 0.15) is 71.6 Å². The number of allylic oxidation sites excluding steroid dienone is 3. The van der Waals surface area contributed by atoms with Crippen molar-refractivity contribution in [2.75, 3.05) is 5.65 Å². The van der Waals surface area contributed by atoms with Gasteiger partial charge < -0.3 is 14.4 Å². The van der Waals surface area contributed by atoms with Crippen molar-refractivity contribution in [2.24, 2.45) is 17.8 Å². The van der Waals surface area contributed by atoms with Gasteiger partial charge in [-0.1, -0.05) is 57.4 Å². The summed E-state index contributed by atoms with van der Waals surface area (Å²) in [5.74, 6) is 0.233. The molecule has 0 saturated heterocycles. The van der Waals surface area contributed by atoms with E-state index in [2.05, 4.69) is 32.1 Å². The Kier molecular flexibility index (Phi) is 13.7. The van der Waals surface area contributed by atoms with Crippen LogP contribution in [0.4, 0.5) is 0 Å². The highest BCUT2D eigenvalue weighted by molar-refractivity contribution is 7.95. The minimum atomic E-state index is -0.748. The summed E-state index contributed by atoms with van der Waals surface area (Å²) in [5.41, 5.74) is 0.450. The third kappa shape index (κ3) is 10.2. The van der Waals surface area contributed by atoms with Crippen molar-refractivity contribution in [3.05, 3.63) is 24.3 Å². The second-order valence-corrected chi connectivity index (χ2v) is 8.58. The molecule has 2 N–H and O–H groups in total. The summed E-state index contributed by atoms with van der Waals surface area (Å²) in [6.45, 7) is 4.40. The zero-order valence-corrected chi connectivity index (χ0v) is 18.3. The molecule has 5 unspecified atom stereocenters. The molecule has 1 fully saturated rings. The van der Waals surface area contributed by atoms with Crippen LogP contribution in [0.3, 0.4) is 0 Å². The summed E-state index contributed by atoms with van der Waals surface area (Å²) in [4.78, 5) is 10.6. The topological polar surface area (TPSA) is 66.8 Å². The predicted molar refractivity (Wildman–Crippen MR) is 118 cm³/mol. The number of unbranched alkanes of at least 4 members (excludes halogenated alkanes) is 3. The van der Waals surface area contributed by atoms with Gasteiger partial charge in [0.25, 0.3) is 0 Å². The van der Waals surface area contributed by atoms with Gasteiger partial charge in [-0.05, 0) is 67.6 Å². The molecule has 0 aromatic rings. The summed E-state index contributed by atoms with van der Waals surface area (Å²) in [7, 11) is 5.56. The summed E-state index contributed by atoms with van der Waals surface area (Å²) in [5, 5.41) is 19.2. The van der Waals surface area contributed by atoms with Gasteiger partial charge in [0, 0.05) is 6.42 Å². The lowest BCUT2D eigenvalue weighted by Gasteiger charge is -2.21. The van der Waals surface area contributed by atoms with Crippen molar-refractivity contribution in [3.8, 4) is 0 Å². The number of aliphatic carboxylic acids is 1. The van der Waals surface area contributed by atoms with Crippen molar-refractivity contribution >= 4 is 25.9 Å². The normalized spacial score (nSPS) is 26.4. The largest absolute Gasteiger partial charge is 0.481 e. The van der Waals surface area contributed by atoms with Crippen molar-refractivity contribution in [1.82, 2.24) is 0 Å². The van der Waals surface area contributed by atoms with E-state index in [9.17, 15) is 9.90 Å². The minimum Gasteiger partial charge on any atom is -0.481 e. The Hall–Kier alpha value is -0.715. The van der Waals surface area contributed by atoms with E-state index in [1.807, 2.05) is 6.08 Å². The fraction of sp³-hybridized carbons (Fsp3) is 0.773. The van der Waals surface area contributed by atoms with Crippen LogP contribution in [0.25, 0.3) is 0 Å². The fourth-order valence-corrected chi connectivity index (χ4v) is 4.34. The van der Waals surface area contributed by atoms with Crippen molar-refractivity contribution < 1.29 is 19.2 Å². The quantitative estimate of drug-likeness (QED) is 0.170. The molecule has 2 radical (unpaired) electrons. The molecule has 1 saturated carbocycles. The van der Waals surface area contributed by atoms with E-state index in [0.29, 0.717) is 23.9 Å². The molecule has 158 valence electrons. The number of carboxylic acid groups (broad SMARTS) is 1. The van der Waals surface area contributed by atoms with Crippen LogP contribution in [-0.4, -0.2) is 41.9 Å². The Morgan fingerprint density at radius 1 is 1.32 bits per heavy atom. The molecule has 6 heteroatoms. The first-order valence-corrected chi connectivity index (χ1v) is 11.6. The van der Waals surface area contributed by atoms with Crippen molar-refractivity contribution in [1.29, 1.82) is 0 Å². The summed E-state index contributed by atoms with van der Waals surface area (Å²) in [6.07, 6.45) is 16.2. The first-order chi connectivity index (χ1) is 13.5. The van der Waals surface area contributed by atoms with Gasteiger partial charge in [0.1, 0.15) is 0 Å². The molecule has 0 aromatic carbocycles. The summed E-state index contributed by atoms with van der Waals surface area (Å²) >= 11 is 1.31. The van der Waals surface area contributed by atoms with E-state index in [1.54, 1.807) is 0 Å². The van der Waals surface area contributed by atoms with E-state index in [4.69, 9.17) is 17.1 Å². The Morgan fingerprint density at radius 2 is 2.11 bits per heavy atom. The van der Waals surface area contributed by atoms with Crippen LogP contribution in [0.15, 0.2) is 24.3 Å². The molecule has 5 atom stereocenters. The summed E-state index contributed by atoms with van der Waals surface area (Å²) in [6, 6.07) is 0. The second-order valence-electron chi connectivity index (χ2n) is 7.81. The average Bonchev–Trinajstić information content (AvgIpc) is 2.92. The number of rotatable bonds is 15. The van der Waals surface area contributed by atoms with Crippen molar-refractivity contribution in [3.63, 3.8) is 0 Å². The van der Waals surface area contributed by atoms with E-state index in [-0.39, 0.29) is 24.5 Å². The van der Waals surface area contributed by atoms with Gasteiger partial charge in [-0.15, -0.1) is 0 Å². The first-order valence-electron chi connectivity index (χ1n) is 10.7. The third-order valence-corrected chi connectivity index (χ3v) is 6.01. The van der Waals surface area contributed by atoms with Gasteiger partial charge in [0.15, 0.2) is 0 Å². The molecule has 4 nitrogen and oxygen atoms in total. The Bertz CT molecular complexity index is 483. The molecule has 1 aliphatic rings. The molecule has 28 heavy (non-hydrogen) atoms. The fourth-order valence-electron chi connectivity index (χ4n) is 3.93. The maximum atomic E-state index is 10.6. The van der Waals surface area contributed by atoms with Crippen LogP contribution in [0.5, 0.6) is 0 Å². The molecule has 0 spiro atoms. The molecule has 0 amide bonds. The molecular formula is C22H37BO4S. The number of hydrogen-bond donors (Lipinski definition) is 2. The van der Waals surface area contributed by atoms with Crippen molar-refractivity contribution in [2.45, 2.75) is 83.8 Å². The number of aliphatic hydroxyl groups is 1. The molecule has 0 aliphatic heterocycles. The molecule has 0 aromatic heterocycles. The minimum absolute atomic E-state index is 0.0669. The highest BCUT2D eigenvalue weighted by Gasteiger charge is 2.37. The smallest absolute Gasteiger partial charge is 0.303 e. The maximum Gasteiger partial charge on any atom is 0.303 e. The van der Waals surface area contributed by atoms with Gasteiger partial charge in [0.2, 0.25) is 0 Å². The van der Waals surface area contributed by atoms with E-state index in [1.165, 1.54) is 24.9 Å². The average molecular weight is 408 g/mol. The highest BCUT2D eigenvalue weighted by atomic mass is 32.2. The standard InChI is InChI=1S/C22H37BO4S/c1-3-4-7-10-18(27-28-16-23)13-14-19-17(2)15-21(24)20(19)11-8-5-6-9-12-22(25)26/h5,8,13-14,17-21,24H,3-4,6-7,9-12,15-16H2,1-2H3,(H,25,26)/b8-5+,14-13+. The zero-order valence-electron chi connectivity index (χ0n) is 17.5. The van der Waals surface area contributed by atoms with E-state index >= 15 is 0 Å². The zero-order chi connectivity index (χ0) is 20.8. The van der Waals surface area contributed by atoms with Crippen LogP contribution in [-0.2, 0) is 8.98 Å². The van der Waals surface area contributed by atoms with Crippen LogP contribution in [0, 0.1) is 17.8 Å². The van der Waals surface area contributed by atoms with Gasteiger partial charge in [0.05, 0.1) is 20.1 Å². The lowest BCUT2D eigenvalue weighted by molar-refractivity contribution is -0.137. The molecule has 0 heterocycles. The number of carbonyl (C=O) groups is 1. The van der Waals surface area contributed by atoms with Crippen LogP contribution >= 0.6 is 12.0 Å². The predicted octanol–water partition coefficient (Wildman–Crippen LogP) is 5.12. The third-order valence-electron chi connectivity index (χ3n) is 5.50. The number of carboxylic acids is 1. The second kappa shape index (κ2) is 15.2. The van der Waals surface area contributed by atoms with E-state index in [0.717, 1.165) is 32.1 Å². The SMILES string of the molecule is [B]CSOC(/C=C/C1C(C)CC(O)C1C/C=C/CCCC(=O)O)CCCCC.